The minimum Gasteiger partial charge on any atom is -0.381 e. The van der Waals surface area contributed by atoms with Gasteiger partial charge >= 0.3 is 0 Å². The summed E-state index contributed by atoms with van der Waals surface area (Å²) in [5.74, 6) is -0.00844. The van der Waals surface area contributed by atoms with Crippen LogP contribution in [0.2, 0.25) is 0 Å². The maximum Gasteiger partial charge on any atom is 0.251 e. The van der Waals surface area contributed by atoms with Crippen molar-refractivity contribution in [2.24, 2.45) is 0 Å². The van der Waals surface area contributed by atoms with Gasteiger partial charge in [0.2, 0.25) is 0 Å². The van der Waals surface area contributed by atoms with E-state index in [-0.39, 0.29) is 5.91 Å². The zero-order valence-corrected chi connectivity index (χ0v) is 13.2. The Morgan fingerprint density at radius 3 is 2.09 bits per heavy atom. The molecule has 4 nitrogen and oxygen atoms in total. The third kappa shape index (κ3) is 5.47. The first-order chi connectivity index (χ1) is 10.7. The largest absolute Gasteiger partial charge is 0.381 e. The smallest absolute Gasteiger partial charge is 0.251 e. The van der Waals surface area contributed by atoms with E-state index in [0.717, 1.165) is 24.0 Å². The van der Waals surface area contributed by atoms with E-state index in [0.29, 0.717) is 24.8 Å². The molecule has 0 atom stereocenters. The lowest BCUT2D eigenvalue weighted by Crippen LogP contribution is -2.25. The van der Waals surface area contributed by atoms with Crippen LogP contribution in [0.5, 0.6) is 0 Å². The predicted molar refractivity (Wildman–Crippen MR) is 88.8 cm³/mol. The molecule has 4 heteroatoms. The Hall–Kier alpha value is -1.91. The van der Waals surface area contributed by atoms with Crippen molar-refractivity contribution < 1.29 is 14.3 Å². The molecule has 1 amide bonds. The van der Waals surface area contributed by atoms with E-state index in [9.17, 15) is 4.79 Å². The number of carbonyl (C=O) groups is 1. The van der Waals surface area contributed by atoms with Crippen LogP contribution in [0, 0.1) is 0 Å². The summed E-state index contributed by atoms with van der Waals surface area (Å²) in [5.41, 5.74) is 2.65. The van der Waals surface area contributed by atoms with Crippen molar-refractivity contribution in [2.75, 3.05) is 27.4 Å². The van der Waals surface area contributed by atoms with Gasteiger partial charge in [-0.05, 0) is 42.2 Å². The van der Waals surface area contributed by atoms with Gasteiger partial charge in [0, 0.05) is 25.8 Å². The Morgan fingerprint density at radius 2 is 1.64 bits per heavy atom. The van der Waals surface area contributed by atoms with E-state index in [1.54, 1.807) is 14.2 Å². The molecule has 0 bridgehead atoms. The van der Waals surface area contributed by atoms with E-state index < -0.39 is 0 Å². The quantitative estimate of drug-likeness (QED) is 0.803. The highest BCUT2D eigenvalue weighted by Crippen LogP contribution is 2.20. The molecule has 1 aromatic carbocycles. The Kier molecular flexibility index (Phi) is 6.37. The number of methoxy groups -OCH3 is 2. The molecule has 0 aromatic heterocycles. The number of ether oxygens (including phenoxy) is 2. The third-order valence-electron chi connectivity index (χ3n) is 3.30. The molecule has 0 heterocycles. The molecule has 0 unspecified atom stereocenters. The van der Waals surface area contributed by atoms with E-state index in [2.05, 4.69) is 5.32 Å². The van der Waals surface area contributed by atoms with Gasteiger partial charge in [0.05, 0.1) is 13.2 Å². The maximum atomic E-state index is 12.3. The van der Waals surface area contributed by atoms with Crippen molar-refractivity contribution in [3.8, 4) is 0 Å². The Morgan fingerprint density at radius 1 is 1.09 bits per heavy atom. The minimum absolute atomic E-state index is 0.00844. The van der Waals surface area contributed by atoms with Crippen LogP contribution in [-0.2, 0) is 9.47 Å². The zero-order valence-electron chi connectivity index (χ0n) is 13.2. The van der Waals surface area contributed by atoms with Crippen molar-refractivity contribution in [2.45, 2.75) is 18.9 Å². The average molecular weight is 301 g/mol. The SMILES string of the molecule is COCC=Cc1cc(C=CCOC)cc(C(=O)NC2CC2)c1. The summed E-state index contributed by atoms with van der Waals surface area (Å²) in [6.45, 7) is 1.10. The molecule has 0 aliphatic heterocycles. The molecule has 118 valence electrons. The van der Waals surface area contributed by atoms with Crippen LogP contribution in [0.1, 0.15) is 34.3 Å². The van der Waals surface area contributed by atoms with Gasteiger partial charge in [0.15, 0.2) is 0 Å². The van der Waals surface area contributed by atoms with Gasteiger partial charge in [-0.3, -0.25) is 4.79 Å². The van der Waals surface area contributed by atoms with Crippen LogP contribution in [0.25, 0.3) is 12.2 Å². The van der Waals surface area contributed by atoms with E-state index in [4.69, 9.17) is 9.47 Å². The topological polar surface area (TPSA) is 47.6 Å². The first-order valence-electron chi connectivity index (χ1n) is 7.50. The minimum atomic E-state index is -0.00844. The second kappa shape index (κ2) is 8.51. The summed E-state index contributed by atoms with van der Waals surface area (Å²) >= 11 is 0. The van der Waals surface area contributed by atoms with E-state index in [1.165, 1.54) is 0 Å². The lowest BCUT2D eigenvalue weighted by atomic mass is 10.0. The van der Waals surface area contributed by atoms with Crippen LogP contribution >= 0.6 is 0 Å². The third-order valence-corrected chi connectivity index (χ3v) is 3.30. The molecule has 0 saturated heterocycles. The summed E-state index contributed by atoms with van der Waals surface area (Å²) in [6, 6.07) is 6.19. The van der Waals surface area contributed by atoms with Crippen molar-refractivity contribution in [3.05, 3.63) is 47.0 Å². The average Bonchev–Trinajstić information content (AvgIpc) is 3.31. The van der Waals surface area contributed by atoms with E-state index >= 15 is 0 Å². The van der Waals surface area contributed by atoms with Crippen LogP contribution in [0.3, 0.4) is 0 Å². The van der Waals surface area contributed by atoms with Crippen LogP contribution in [0.4, 0.5) is 0 Å². The highest BCUT2D eigenvalue weighted by atomic mass is 16.5. The number of benzene rings is 1. The molecule has 0 radical (unpaired) electrons. The van der Waals surface area contributed by atoms with Crippen molar-refractivity contribution in [1.29, 1.82) is 0 Å². The summed E-state index contributed by atoms with van der Waals surface area (Å²) in [4.78, 5) is 12.3. The molecular weight excluding hydrogens is 278 g/mol. The fraction of sp³-hybridized carbons (Fsp3) is 0.389. The van der Waals surface area contributed by atoms with Crippen LogP contribution in [0.15, 0.2) is 30.4 Å². The molecule has 1 aliphatic carbocycles. The highest BCUT2D eigenvalue weighted by molar-refractivity contribution is 5.95. The normalized spacial score (nSPS) is 14.8. The van der Waals surface area contributed by atoms with Gasteiger partial charge in [-0.25, -0.2) is 0 Å². The number of carbonyl (C=O) groups excluding carboxylic acids is 1. The second-order valence-electron chi connectivity index (χ2n) is 5.35. The molecule has 1 fully saturated rings. The van der Waals surface area contributed by atoms with Crippen molar-refractivity contribution in [1.82, 2.24) is 5.32 Å². The first-order valence-corrected chi connectivity index (χ1v) is 7.50. The number of hydrogen-bond acceptors (Lipinski definition) is 3. The van der Waals surface area contributed by atoms with Gasteiger partial charge in [-0.15, -0.1) is 0 Å². The lowest BCUT2D eigenvalue weighted by molar-refractivity contribution is 0.0951. The standard InChI is InChI=1S/C18H23NO3/c1-21-9-3-5-14-11-15(6-4-10-22-2)13-16(12-14)18(20)19-17-7-8-17/h3-6,11-13,17H,7-10H2,1-2H3,(H,19,20). The molecule has 22 heavy (non-hydrogen) atoms. The molecule has 1 saturated carbocycles. The molecule has 0 spiro atoms. The zero-order chi connectivity index (χ0) is 15.8. The maximum absolute atomic E-state index is 12.3. The van der Waals surface area contributed by atoms with E-state index in [1.807, 2.05) is 42.5 Å². The molecule has 1 aliphatic rings. The molecule has 2 rings (SSSR count). The van der Waals surface area contributed by atoms with Crippen LogP contribution < -0.4 is 5.32 Å². The molecular formula is C18H23NO3. The fourth-order valence-electron chi connectivity index (χ4n) is 2.06. The second-order valence-corrected chi connectivity index (χ2v) is 5.35. The van der Waals surface area contributed by atoms with Crippen LogP contribution in [-0.4, -0.2) is 39.4 Å². The fourth-order valence-corrected chi connectivity index (χ4v) is 2.06. The summed E-state index contributed by atoms with van der Waals surface area (Å²) in [7, 11) is 3.31. The van der Waals surface area contributed by atoms with Crippen molar-refractivity contribution >= 4 is 18.1 Å². The molecule has 1 N–H and O–H groups in total. The number of nitrogens with one attached hydrogen (secondary N) is 1. The summed E-state index contributed by atoms with van der Waals surface area (Å²) in [6.07, 6.45) is 9.96. The van der Waals surface area contributed by atoms with Gasteiger partial charge in [0.1, 0.15) is 0 Å². The Labute approximate surface area is 131 Å². The number of amides is 1. The van der Waals surface area contributed by atoms with Gasteiger partial charge in [-0.1, -0.05) is 24.3 Å². The van der Waals surface area contributed by atoms with Gasteiger partial charge in [-0.2, -0.15) is 0 Å². The van der Waals surface area contributed by atoms with Gasteiger partial charge < -0.3 is 14.8 Å². The lowest BCUT2D eigenvalue weighted by Gasteiger charge is -2.07. The highest BCUT2D eigenvalue weighted by Gasteiger charge is 2.23. The molecule has 1 aromatic rings. The number of rotatable bonds is 8. The summed E-state index contributed by atoms with van der Waals surface area (Å²) < 4.78 is 10.0. The predicted octanol–water partition coefficient (Wildman–Crippen LogP) is 2.90. The number of hydrogen-bond donors (Lipinski definition) is 1. The van der Waals surface area contributed by atoms with Crippen molar-refractivity contribution in [3.63, 3.8) is 0 Å². The Bertz CT molecular complexity index is 525. The Balaban J connectivity index is 2.19. The summed E-state index contributed by atoms with van der Waals surface area (Å²) in [5, 5.41) is 3.02. The first kappa shape index (κ1) is 16.5. The monoisotopic (exact) mass is 301 g/mol. The van der Waals surface area contributed by atoms with Gasteiger partial charge in [0.25, 0.3) is 5.91 Å².